The molecule has 2 aromatic heterocycles. The quantitative estimate of drug-likeness (QED) is 0.540. The third kappa shape index (κ3) is 4.74. The van der Waals surface area contributed by atoms with Crippen LogP contribution in [0.2, 0.25) is 0 Å². The second-order valence-corrected chi connectivity index (χ2v) is 8.66. The summed E-state index contributed by atoms with van der Waals surface area (Å²) in [7, 11) is 7.37. The van der Waals surface area contributed by atoms with Crippen LogP contribution < -0.4 is 14.5 Å². The van der Waals surface area contributed by atoms with E-state index < -0.39 is 0 Å². The molecule has 174 valence electrons. The standard InChI is InChI=1S/C23H30N8O2/c1-16-12-30(22-11-21(28(2)3)24-15-25-22)14-17(16)13-29(4)23(32)19-7-6-18(33-5)10-20(19)31-26-8-9-27-31/h6-11,15-17H,12-14H2,1-5H3. The summed E-state index contributed by atoms with van der Waals surface area (Å²) >= 11 is 0. The van der Waals surface area contributed by atoms with Crippen molar-refractivity contribution in [3.63, 3.8) is 0 Å². The van der Waals surface area contributed by atoms with E-state index in [2.05, 4.69) is 32.0 Å². The largest absolute Gasteiger partial charge is 0.497 e. The van der Waals surface area contributed by atoms with E-state index in [1.54, 1.807) is 48.9 Å². The molecule has 0 spiro atoms. The summed E-state index contributed by atoms with van der Waals surface area (Å²) in [6, 6.07) is 7.33. The van der Waals surface area contributed by atoms with Gasteiger partial charge in [-0.1, -0.05) is 6.92 Å². The van der Waals surface area contributed by atoms with Crippen molar-refractivity contribution >= 4 is 17.5 Å². The molecular formula is C23H30N8O2. The number of carbonyl (C=O) groups is 1. The summed E-state index contributed by atoms with van der Waals surface area (Å²) in [5.41, 5.74) is 1.12. The van der Waals surface area contributed by atoms with Crippen molar-refractivity contribution in [2.45, 2.75) is 6.92 Å². The number of rotatable bonds is 7. The highest BCUT2D eigenvalue weighted by atomic mass is 16.5. The molecule has 0 N–H and O–H groups in total. The molecule has 10 nitrogen and oxygen atoms in total. The lowest BCUT2D eigenvalue weighted by Gasteiger charge is -2.24. The lowest BCUT2D eigenvalue weighted by molar-refractivity contribution is 0.0767. The monoisotopic (exact) mass is 450 g/mol. The van der Waals surface area contributed by atoms with E-state index in [4.69, 9.17) is 4.74 Å². The van der Waals surface area contributed by atoms with Gasteiger partial charge in [0.15, 0.2) is 0 Å². The molecule has 3 heterocycles. The van der Waals surface area contributed by atoms with Gasteiger partial charge in [-0.25, -0.2) is 9.97 Å². The lowest BCUT2D eigenvalue weighted by atomic mass is 9.97. The number of methoxy groups -OCH3 is 1. The molecule has 3 aromatic rings. The SMILES string of the molecule is COc1ccc(C(=O)N(C)CC2CN(c3cc(N(C)C)ncn3)CC2C)c(-n2nccn2)c1. The normalized spacial score (nSPS) is 17.8. The number of ether oxygens (including phenoxy) is 1. The maximum Gasteiger partial charge on any atom is 0.255 e. The topological polar surface area (TPSA) is 92.5 Å². The van der Waals surface area contributed by atoms with Gasteiger partial charge in [0.05, 0.1) is 25.1 Å². The Balaban J connectivity index is 1.49. The Labute approximate surface area is 193 Å². The number of benzene rings is 1. The Morgan fingerprint density at radius 1 is 1.12 bits per heavy atom. The minimum Gasteiger partial charge on any atom is -0.497 e. The molecule has 1 saturated heterocycles. The van der Waals surface area contributed by atoms with Crippen LogP contribution in [0.5, 0.6) is 5.75 Å². The zero-order chi connectivity index (χ0) is 23.5. The van der Waals surface area contributed by atoms with E-state index in [1.807, 2.05) is 32.1 Å². The second kappa shape index (κ2) is 9.43. The van der Waals surface area contributed by atoms with Crippen LogP contribution in [0.15, 0.2) is 43.0 Å². The van der Waals surface area contributed by atoms with Crippen molar-refractivity contribution in [3.05, 3.63) is 48.5 Å². The van der Waals surface area contributed by atoms with Crippen LogP contribution in [0, 0.1) is 11.8 Å². The van der Waals surface area contributed by atoms with Gasteiger partial charge in [0.25, 0.3) is 5.91 Å². The maximum absolute atomic E-state index is 13.4. The number of anilines is 2. The van der Waals surface area contributed by atoms with E-state index in [-0.39, 0.29) is 5.91 Å². The Bertz CT molecular complexity index is 1100. The van der Waals surface area contributed by atoms with E-state index in [0.29, 0.717) is 35.4 Å². The molecule has 1 aromatic carbocycles. The van der Waals surface area contributed by atoms with Crippen molar-refractivity contribution in [2.75, 3.05) is 57.7 Å². The Morgan fingerprint density at radius 3 is 2.58 bits per heavy atom. The van der Waals surface area contributed by atoms with E-state index in [0.717, 1.165) is 24.7 Å². The fourth-order valence-corrected chi connectivity index (χ4v) is 4.18. The highest BCUT2D eigenvalue weighted by molar-refractivity contribution is 5.97. The Kier molecular flexibility index (Phi) is 6.43. The predicted octanol–water partition coefficient (Wildman–Crippen LogP) is 1.98. The van der Waals surface area contributed by atoms with Crippen LogP contribution >= 0.6 is 0 Å². The molecule has 0 saturated carbocycles. The average molecular weight is 451 g/mol. The zero-order valence-electron chi connectivity index (χ0n) is 19.7. The van der Waals surface area contributed by atoms with Crippen LogP contribution in [0.25, 0.3) is 5.69 Å². The van der Waals surface area contributed by atoms with Crippen LogP contribution in [-0.2, 0) is 0 Å². The van der Waals surface area contributed by atoms with Crippen molar-refractivity contribution in [1.82, 2.24) is 29.9 Å². The van der Waals surface area contributed by atoms with Gasteiger partial charge in [-0.3, -0.25) is 4.79 Å². The first kappa shape index (κ1) is 22.5. The van der Waals surface area contributed by atoms with Crippen molar-refractivity contribution in [2.24, 2.45) is 11.8 Å². The molecule has 0 aliphatic carbocycles. The van der Waals surface area contributed by atoms with Gasteiger partial charge in [0, 0.05) is 52.9 Å². The van der Waals surface area contributed by atoms with Gasteiger partial charge in [-0.15, -0.1) is 0 Å². The lowest BCUT2D eigenvalue weighted by Crippen LogP contribution is -2.35. The summed E-state index contributed by atoms with van der Waals surface area (Å²) < 4.78 is 5.33. The third-order valence-corrected chi connectivity index (χ3v) is 6.11. The van der Waals surface area contributed by atoms with E-state index >= 15 is 0 Å². The smallest absolute Gasteiger partial charge is 0.255 e. The fraction of sp³-hybridized carbons (Fsp3) is 0.435. The summed E-state index contributed by atoms with van der Waals surface area (Å²) in [5, 5.41) is 8.40. The molecule has 0 bridgehead atoms. The molecule has 0 radical (unpaired) electrons. The van der Waals surface area contributed by atoms with Gasteiger partial charge in [-0.2, -0.15) is 15.0 Å². The molecule has 10 heteroatoms. The minimum atomic E-state index is -0.0764. The Morgan fingerprint density at radius 2 is 1.88 bits per heavy atom. The molecule has 33 heavy (non-hydrogen) atoms. The molecule has 4 rings (SSSR count). The highest BCUT2D eigenvalue weighted by Gasteiger charge is 2.33. The van der Waals surface area contributed by atoms with Crippen molar-refractivity contribution in [1.29, 1.82) is 0 Å². The van der Waals surface area contributed by atoms with Crippen LogP contribution in [0.1, 0.15) is 17.3 Å². The fourth-order valence-electron chi connectivity index (χ4n) is 4.18. The average Bonchev–Trinajstić information content (AvgIpc) is 3.48. The molecule has 1 fully saturated rings. The minimum absolute atomic E-state index is 0.0764. The van der Waals surface area contributed by atoms with E-state index in [9.17, 15) is 4.79 Å². The molecule has 2 unspecified atom stereocenters. The van der Waals surface area contributed by atoms with Crippen LogP contribution in [0.4, 0.5) is 11.6 Å². The van der Waals surface area contributed by atoms with E-state index in [1.165, 1.54) is 4.80 Å². The first-order chi connectivity index (χ1) is 15.9. The maximum atomic E-state index is 13.4. The Hall–Kier alpha value is -3.69. The molecule has 1 aliphatic rings. The highest BCUT2D eigenvalue weighted by Crippen LogP contribution is 2.29. The van der Waals surface area contributed by atoms with Gasteiger partial charge in [0.2, 0.25) is 0 Å². The van der Waals surface area contributed by atoms with Gasteiger partial charge < -0.3 is 19.4 Å². The summed E-state index contributed by atoms with van der Waals surface area (Å²) in [6.07, 6.45) is 4.77. The van der Waals surface area contributed by atoms with Crippen molar-refractivity contribution in [3.8, 4) is 11.4 Å². The van der Waals surface area contributed by atoms with Crippen LogP contribution in [0.3, 0.4) is 0 Å². The van der Waals surface area contributed by atoms with Crippen molar-refractivity contribution < 1.29 is 9.53 Å². The van der Waals surface area contributed by atoms with Gasteiger partial charge in [0.1, 0.15) is 29.4 Å². The zero-order valence-corrected chi connectivity index (χ0v) is 19.7. The summed E-state index contributed by atoms with van der Waals surface area (Å²) in [4.78, 5) is 29.6. The number of hydrogen-bond acceptors (Lipinski definition) is 8. The summed E-state index contributed by atoms with van der Waals surface area (Å²) in [6.45, 7) is 4.59. The molecule has 1 amide bonds. The van der Waals surface area contributed by atoms with Crippen LogP contribution in [-0.4, -0.2) is 83.7 Å². The molecule has 1 aliphatic heterocycles. The first-order valence-corrected chi connectivity index (χ1v) is 10.9. The number of hydrogen-bond donors (Lipinski definition) is 0. The van der Waals surface area contributed by atoms with Gasteiger partial charge >= 0.3 is 0 Å². The molecular weight excluding hydrogens is 420 g/mol. The summed E-state index contributed by atoms with van der Waals surface area (Å²) in [5.74, 6) is 3.10. The third-order valence-electron chi connectivity index (χ3n) is 6.11. The number of carbonyl (C=O) groups excluding carboxylic acids is 1. The number of amides is 1. The number of aromatic nitrogens is 5. The first-order valence-electron chi connectivity index (χ1n) is 10.9. The predicted molar refractivity (Wildman–Crippen MR) is 126 cm³/mol. The number of nitrogens with zero attached hydrogens (tertiary/aromatic N) is 8. The molecule has 2 atom stereocenters. The van der Waals surface area contributed by atoms with Gasteiger partial charge in [-0.05, 0) is 24.0 Å². The second-order valence-electron chi connectivity index (χ2n) is 8.66.